The highest BCUT2D eigenvalue weighted by Gasteiger charge is 2.27. The minimum absolute atomic E-state index is 0. The predicted molar refractivity (Wildman–Crippen MR) is 189 cm³/mol. The minimum Gasteiger partial charge on any atom is -0.412 e. The zero-order valence-corrected chi connectivity index (χ0v) is 28.3. The highest BCUT2D eigenvalue weighted by molar-refractivity contribution is 5.39. The van der Waals surface area contributed by atoms with Crippen LogP contribution >= 0.6 is 0 Å². The van der Waals surface area contributed by atoms with Crippen molar-refractivity contribution in [1.29, 1.82) is 0 Å². The second kappa shape index (κ2) is 18.6. The van der Waals surface area contributed by atoms with Gasteiger partial charge in [0.15, 0.2) is 0 Å². The van der Waals surface area contributed by atoms with Crippen LogP contribution in [0.5, 0.6) is 0 Å². The molecule has 0 aromatic carbocycles. The van der Waals surface area contributed by atoms with E-state index < -0.39 is 0 Å². The van der Waals surface area contributed by atoms with Gasteiger partial charge < -0.3 is 11.0 Å². The molecule has 0 saturated heterocycles. The van der Waals surface area contributed by atoms with E-state index in [0.29, 0.717) is 10.8 Å². The van der Waals surface area contributed by atoms with Gasteiger partial charge in [0, 0.05) is 0 Å². The maximum atomic E-state index is 2.37. The highest BCUT2D eigenvalue weighted by Crippen LogP contribution is 2.41. The van der Waals surface area contributed by atoms with Gasteiger partial charge in [-0.1, -0.05) is 146 Å². The summed E-state index contributed by atoms with van der Waals surface area (Å²) < 4.78 is 0. The van der Waals surface area contributed by atoms with Crippen molar-refractivity contribution < 1.29 is 11.0 Å². The Morgan fingerprint density at radius 3 is 1.14 bits per heavy atom. The van der Waals surface area contributed by atoms with Crippen molar-refractivity contribution >= 4 is 0 Å². The van der Waals surface area contributed by atoms with Gasteiger partial charge >= 0.3 is 0 Å². The Hall–Kier alpha value is -2.94. The summed E-state index contributed by atoms with van der Waals surface area (Å²) in [7, 11) is 0. The standard InChI is InChI=1S/C40H56.2H2O/c1-31(19-13-21-33(3)25-27-37-35(5)23-15-29-39(37,7)8)17-11-12-18-32(2)20-14-22-34(4)26-28-38-36(6)24-16-30-40(38,9)10;;/h11-14,17-22,25-28H,15-16,23-24,29-30H2,1-10H3;2*1H2/b12-11+,19-13+,20-14+,27-25+,28-26+,31-17+,32-18+,33-21+,34-22+;;. The summed E-state index contributed by atoms with van der Waals surface area (Å²) in [5.41, 5.74) is 11.7. The summed E-state index contributed by atoms with van der Waals surface area (Å²) in [5, 5.41) is 0. The largest absolute Gasteiger partial charge is 0.412 e. The predicted octanol–water partition coefficient (Wildman–Crippen LogP) is 11.0. The zero-order valence-electron chi connectivity index (χ0n) is 28.3. The van der Waals surface area contributed by atoms with Crippen LogP contribution in [0.15, 0.2) is 130 Å². The van der Waals surface area contributed by atoms with Gasteiger partial charge in [0.05, 0.1) is 0 Å². The molecule has 232 valence electrons. The van der Waals surface area contributed by atoms with Crippen molar-refractivity contribution in [3.63, 3.8) is 0 Å². The normalized spacial score (nSPS) is 20.9. The quantitative estimate of drug-likeness (QED) is 0.234. The Labute approximate surface area is 258 Å². The first-order valence-electron chi connectivity index (χ1n) is 15.3. The first-order chi connectivity index (χ1) is 18.8. The van der Waals surface area contributed by atoms with Crippen LogP contribution in [0.25, 0.3) is 0 Å². The number of allylic oxidation sites excluding steroid dienone is 22. The molecule has 0 bridgehead atoms. The first-order valence-corrected chi connectivity index (χ1v) is 15.3. The molecule has 0 amide bonds. The molecule has 2 aliphatic carbocycles. The summed E-state index contributed by atoms with van der Waals surface area (Å²) in [6, 6.07) is 0. The zero-order chi connectivity index (χ0) is 29.8. The molecule has 0 aliphatic heterocycles. The summed E-state index contributed by atoms with van der Waals surface area (Å²) >= 11 is 0. The first kappa shape index (κ1) is 39.1. The van der Waals surface area contributed by atoms with E-state index in [-0.39, 0.29) is 11.0 Å². The molecule has 0 aromatic heterocycles. The lowest BCUT2D eigenvalue weighted by molar-refractivity contribution is 0.376. The second-order valence-corrected chi connectivity index (χ2v) is 13.3. The van der Waals surface area contributed by atoms with Crippen molar-refractivity contribution in [3.05, 3.63) is 130 Å². The van der Waals surface area contributed by atoms with Gasteiger partial charge in [-0.3, -0.25) is 0 Å². The molecule has 42 heavy (non-hydrogen) atoms. The van der Waals surface area contributed by atoms with Crippen molar-refractivity contribution in [2.45, 2.75) is 108 Å². The maximum Gasteiger partial charge on any atom is -0.0104 e. The van der Waals surface area contributed by atoms with Gasteiger partial charge in [-0.2, -0.15) is 0 Å². The van der Waals surface area contributed by atoms with E-state index in [0.717, 1.165) is 0 Å². The fourth-order valence-electron chi connectivity index (χ4n) is 5.79. The van der Waals surface area contributed by atoms with Crippen molar-refractivity contribution in [1.82, 2.24) is 0 Å². The molecule has 0 aromatic rings. The maximum absolute atomic E-state index is 2.37. The van der Waals surface area contributed by atoms with E-state index in [9.17, 15) is 0 Å². The fourth-order valence-corrected chi connectivity index (χ4v) is 5.79. The van der Waals surface area contributed by atoms with Crippen LogP contribution in [0.1, 0.15) is 108 Å². The molecule has 0 saturated carbocycles. The molecule has 0 unspecified atom stereocenters. The van der Waals surface area contributed by atoms with Gasteiger partial charge in [0.2, 0.25) is 0 Å². The second-order valence-electron chi connectivity index (χ2n) is 13.3. The van der Waals surface area contributed by atoms with Crippen LogP contribution in [-0.4, -0.2) is 11.0 Å². The average Bonchev–Trinajstić information content (AvgIpc) is 2.85. The summed E-state index contributed by atoms with van der Waals surface area (Å²) in [6.45, 7) is 22.7. The van der Waals surface area contributed by atoms with E-state index in [1.54, 1.807) is 11.1 Å². The van der Waals surface area contributed by atoms with E-state index >= 15 is 0 Å². The third-order valence-corrected chi connectivity index (χ3v) is 8.38. The molecule has 2 rings (SSSR count). The smallest absolute Gasteiger partial charge is 0.0104 e. The Bertz CT molecular complexity index is 1130. The van der Waals surface area contributed by atoms with Gasteiger partial charge in [0.1, 0.15) is 0 Å². The molecule has 4 N–H and O–H groups in total. The van der Waals surface area contributed by atoms with Crippen molar-refractivity contribution in [3.8, 4) is 0 Å². The van der Waals surface area contributed by atoms with E-state index in [2.05, 4.69) is 154 Å². The third-order valence-electron chi connectivity index (χ3n) is 8.38. The van der Waals surface area contributed by atoms with E-state index in [4.69, 9.17) is 0 Å². The summed E-state index contributed by atoms with van der Waals surface area (Å²) in [4.78, 5) is 0. The third kappa shape index (κ3) is 13.4. The molecule has 2 aliphatic rings. The van der Waals surface area contributed by atoms with Crippen LogP contribution in [-0.2, 0) is 0 Å². The molecule has 2 nitrogen and oxygen atoms in total. The van der Waals surface area contributed by atoms with Gasteiger partial charge in [-0.15, -0.1) is 0 Å². The molecule has 0 heterocycles. The summed E-state index contributed by atoms with van der Waals surface area (Å²) in [5.74, 6) is 0. The molecule has 0 radical (unpaired) electrons. The monoisotopic (exact) mass is 572 g/mol. The van der Waals surface area contributed by atoms with Crippen LogP contribution in [0.3, 0.4) is 0 Å². The van der Waals surface area contributed by atoms with Gasteiger partial charge in [0.25, 0.3) is 0 Å². The Kier molecular flexibility index (Phi) is 17.3. The van der Waals surface area contributed by atoms with E-state index in [1.807, 2.05) is 0 Å². The van der Waals surface area contributed by atoms with Crippen molar-refractivity contribution in [2.24, 2.45) is 10.8 Å². The number of hydrogen-bond acceptors (Lipinski definition) is 0. The lowest BCUT2D eigenvalue weighted by Gasteiger charge is -2.33. The topological polar surface area (TPSA) is 63.0 Å². The lowest BCUT2D eigenvalue weighted by atomic mass is 9.72. The molecule has 0 spiro atoms. The van der Waals surface area contributed by atoms with Gasteiger partial charge in [-0.05, 0) is 102 Å². The number of hydrogen-bond donors (Lipinski definition) is 0. The molecular formula is C40H60O2. The summed E-state index contributed by atoms with van der Waals surface area (Å²) in [6.07, 6.45) is 38.4. The Balaban J connectivity index is 0.00000840. The lowest BCUT2D eigenvalue weighted by Crippen LogP contribution is -2.19. The molecule has 2 heteroatoms. The minimum atomic E-state index is 0. The molecular weight excluding hydrogens is 512 g/mol. The van der Waals surface area contributed by atoms with Crippen LogP contribution in [0, 0.1) is 10.8 Å². The SMILES string of the molecule is CC1=C(/C=C/C(C)=C/C=C/C(C)=C/C=C/C=C(C)/C=C/C=C(C)/C=C/C2=C(C)CCCC2(C)C)C(C)(C)CCC1.O.O. The highest BCUT2D eigenvalue weighted by atomic mass is 16.0. The van der Waals surface area contributed by atoms with Crippen molar-refractivity contribution in [2.75, 3.05) is 0 Å². The Morgan fingerprint density at radius 1 is 0.500 bits per heavy atom. The van der Waals surface area contributed by atoms with Crippen LogP contribution < -0.4 is 0 Å². The van der Waals surface area contributed by atoms with Crippen LogP contribution in [0.2, 0.25) is 0 Å². The van der Waals surface area contributed by atoms with Crippen LogP contribution in [0.4, 0.5) is 0 Å². The van der Waals surface area contributed by atoms with E-state index in [1.165, 1.54) is 72.0 Å². The molecule has 0 atom stereocenters. The fraction of sp³-hybridized carbons (Fsp3) is 0.450. The Morgan fingerprint density at radius 2 is 0.810 bits per heavy atom. The molecule has 0 fully saturated rings. The van der Waals surface area contributed by atoms with Gasteiger partial charge in [-0.25, -0.2) is 0 Å². The average molecular weight is 573 g/mol. The number of rotatable bonds is 10.